The minimum atomic E-state index is -1.10. The van der Waals surface area contributed by atoms with Crippen molar-refractivity contribution >= 4 is 22.8 Å². The first-order valence-corrected chi connectivity index (χ1v) is 7.31. The Kier molecular flexibility index (Phi) is 4.35. The molecule has 1 aromatic heterocycles. The number of aromatic nitrogens is 2. The normalized spacial score (nSPS) is 15.9. The van der Waals surface area contributed by atoms with Crippen molar-refractivity contribution < 1.29 is 14.3 Å². The second kappa shape index (κ2) is 6.58. The number of ether oxygens (including phenoxy) is 2. The largest absolute Gasteiger partial charge is 0.468 e. The van der Waals surface area contributed by atoms with Crippen LogP contribution in [0.1, 0.15) is 11.6 Å². The molecule has 1 saturated heterocycles. The summed E-state index contributed by atoms with van der Waals surface area (Å²) in [6, 6.07) is 9.36. The number of carbonyl (C=O) groups excluding carboxylic acids is 1. The number of nitriles is 1. The Morgan fingerprint density at radius 1 is 1.30 bits per heavy atom. The molecule has 118 valence electrons. The number of benzene rings is 1. The summed E-state index contributed by atoms with van der Waals surface area (Å²) in [4.78, 5) is 23.1. The van der Waals surface area contributed by atoms with E-state index in [0.29, 0.717) is 43.3 Å². The summed E-state index contributed by atoms with van der Waals surface area (Å²) in [5.74, 6) is -1.19. The smallest absolute Gasteiger partial charge is 0.329 e. The molecule has 23 heavy (non-hydrogen) atoms. The summed E-state index contributed by atoms with van der Waals surface area (Å²) < 4.78 is 10.1. The monoisotopic (exact) mass is 312 g/mol. The van der Waals surface area contributed by atoms with Gasteiger partial charge in [-0.05, 0) is 12.1 Å². The van der Waals surface area contributed by atoms with E-state index in [1.54, 1.807) is 6.07 Å². The Morgan fingerprint density at radius 3 is 2.57 bits per heavy atom. The number of anilines is 1. The van der Waals surface area contributed by atoms with Crippen molar-refractivity contribution in [1.82, 2.24) is 9.97 Å². The molecule has 7 heteroatoms. The summed E-state index contributed by atoms with van der Waals surface area (Å²) in [7, 11) is 1.26. The van der Waals surface area contributed by atoms with Gasteiger partial charge in [0.25, 0.3) is 0 Å². The maximum Gasteiger partial charge on any atom is 0.329 e. The van der Waals surface area contributed by atoms with Gasteiger partial charge in [-0.3, -0.25) is 4.79 Å². The van der Waals surface area contributed by atoms with Crippen molar-refractivity contribution in [3.8, 4) is 6.07 Å². The van der Waals surface area contributed by atoms with Gasteiger partial charge in [0.15, 0.2) is 11.7 Å². The highest BCUT2D eigenvalue weighted by Gasteiger charge is 2.30. The van der Waals surface area contributed by atoms with Gasteiger partial charge in [-0.2, -0.15) is 5.26 Å². The van der Waals surface area contributed by atoms with Crippen LogP contribution in [0.15, 0.2) is 24.3 Å². The van der Waals surface area contributed by atoms with Crippen LogP contribution in [0.5, 0.6) is 0 Å². The van der Waals surface area contributed by atoms with Crippen LogP contribution in [0.3, 0.4) is 0 Å². The fraction of sp³-hybridized carbons (Fsp3) is 0.375. The summed E-state index contributed by atoms with van der Waals surface area (Å²) in [5, 5.41) is 9.41. The fourth-order valence-corrected chi connectivity index (χ4v) is 2.55. The number of hydrogen-bond donors (Lipinski definition) is 0. The van der Waals surface area contributed by atoms with Crippen LogP contribution in [-0.2, 0) is 14.3 Å². The van der Waals surface area contributed by atoms with Gasteiger partial charge in [-0.1, -0.05) is 12.1 Å². The highest BCUT2D eigenvalue weighted by atomic mass is 16.5. The first kappa shape index (κ1) is 15.2. The minimum Gasteiger partial charge on any atom is -0.468 e. The number of carbonyl (C=O) groups is 1. The first-order chi connectivity index (χ1) is 11.2. The Morgan fingerprint density at radius 2 is 1.96 bits per heavy atom. The number of esters is 1. The predicted molar refractivity (Wildman–Crippen MR) is 82.9 cm³/mol. The van der Waals surface area contributed by atoms with Crippen molar-refractivity contribution in [2.24, 2.45) is 0 Å². The Labute approximate surface area is 133 Å². The lowest BCUT2D eigenvalue weighted by atomic mass is 10.1. The van der Waals surface area contributed by atoms with E-state index < -0.39 is 11.9 Å². The van der Waals surface area contributed by atoms with Crippen molar-refractivity contribution in [2.45, 2.75) is 5.92 Å². The van der Waals surface area contributed by atoms with E-state index in [2.05, 4.69) is 9.97 Å². The molecular weight excluding hydrogens is 296 g/mol. The molecule has 7 nitrogen and oxygen atoms in total. The summed E-state index contributed by atoms with van der Waals surface area (Å²) in [6.45, 7) is 2.42. The molecule has 2 aromatic rings. The van der Waals surface area contributed by atoms with E-state index in [0.717, 1.165) is 5.52 Å². The van der Waals surface area contributed by atoms with Crippen molar-refractivity contribution in [3.05, 3.63) is 30.0 Å². The van der Waals surface area contributed by atoms with Gasteiger partial charge in [0.2, 0.25) is 0 Å². The van der Waals surface area contributed by atoms with Crippen molar-refractivity contribution in [3.63, 3.8) is 0 Å². The number of fused-ring (bicyclic) bond motifs is 1. The third-order valence-electron chi connectivity index (χ3n) is 3.73. The SMILES string of the molecule is COC(=O)C(C#N)c1nc2ccccc2nc1N1CCOCC1. The topological polar surface area (TPSA) is 88.3 Å². The molecule has 0 amide bonds. The molecule has 1 atom stereocenters. The molecule has 3 rings (SSSR count). The molecule has 1 unspecified atom stereocenters. The number of para-hydroxylation sites is 2. The van der Waals surface area contributed by atoms with E-state index in [4.69, 9.17) is 9.47 Å². The molecule has 0 radical (unpaired) electrons. The highest BCUT2D eigenvalue weighted by Crippen LogP contribution is 2.28. The molecule has 0 saturated carbocycles. The third-order valence-corrected chi connectivity index (χ3v) is 3.73. The highest BCUT2D eigenvalue weighted by molar-refractivity contribution is 5.85. The third kappa shape index (κ3) is 2.94. The van der Waals surface area contributed by atoms with Crippen LogP contribution in [0, 0.1) is 11.3 Å². The van der Waals surface area contributed by atoms with Crippen LogP contribution >= 0.6 is 0 Å². The number of methoxy groups -OCH3 is 1. The zero-order chi connectivity index (χ0) is 16.2. The lowest BCUT2D eigenvalue weighted by molar-refractivity contribution is -0.141. The van der Waals surface area contributed by atoms with Gasteiger partial charge in [0.05, 0.1) is 37.4 Å². The van der Waals surface area contributed by atoms with Crippen molar-refractivity contribution in [2.75, 3.05) is 38.3 Å². The van der Waals surface area contributed by atoms with E-state index in [1.165, 1.54) is 7.11 Å². The number of rotatable bonds is 3. The maximum absolute atomic E-state index is 12.0. The zero-order valence-corrected chi connectivity index (χ0v) is 12.7. The van der Waals surface area contributed by atoms with Crippen LogP contribution in [0.25, 0.3) is 11.0 Å². The lowest BCUT2D eigenvalue weighted by Gasteiger charge is -2.29. The zero-order valence-electron chi connectivity index (χ0n) is 12.7. The fourth-order valence-electron chi connectivity index (χ4n) is 2.55. The van der Waals surface area contributed by atoms with Gasteiger partial charge in [-0.15, -0.1) is 0 Å². The van der Waals surface area contributed by atoms with Gasteiger partial charge in [0.1, 0.15) is 5.69 Å². The molecule has 0 aliphatic carbocycles. The van der Waals surface area contributed by atoms with E-state index >= 15 is 0 Å². The molecule has 0 N–H and O–H groups in total. The number of morpholine rings is 1. The molecule has 1 aromatic carbocycles. The van der Waals surface area contributed by atoms with Gasteiger partial charge in [0, 0.05) is 13.1 Å². The molecule has 2 heterocycles. The molecule has 0 bridgehead atoms. The Bertz CT molecular complexity index is 765. The first-order valence-electron chi connectivity index (χ1n) is 7.31. The lowest BCUT2D eigenvalue weighted by Crippen LogP contribution is -2.38. The van der Waals surface area contributed by atoms with E-state index in [9.17, 15) is 10.1 Å². The van der Waals surface area contributed by atoms with Crippen LogP contribution < -0.4 is 4.90 Å². The quantitative estimate of drug-likeness (QED) is 0.788. The Hall–Kier alpha value is -2.72. The second-order valence-corrected chi connectivity index (χ2v) is 5.11. The summed E-state index contributed by atoms with van der Waals surface area (Å²) in [5.41, 5.74) is 1.70. The van der Waals surface area contributed by atoms with Gasteiger partial charge >= 0.3 is 5.97 Å². The molecule has 1 aliphatic heterocycles. The average molecular weight is 312 g/mol. The molecule has 0 spiro atoms. The Balaban J connectivity index is 2.15. The second-order valence-electron chi connectivity index (χ2n) is 5.11. The predicted octanol–water partition coefficient (Wildman–Crippen LogP) is 1.25. The average Bonchev–Trinajstić information content (AvgIpc) is 2.62. The van der Waals surface area contributed by atoms with Gasteiger partial charge in [-0.25, -0.2) is 9.97 Å². The molecule has 1 fully saturated rings. The van der Waals surface area contributed by atoms with Crippen LogP contribution in [0.2, 0.25) is 0 Å². The van der Waals surface area contributed by atoms with Crippen LogP contribution in [0.4, 0.5) is 5.82 Å². The molecular formula is C16H16N4O3. The van der Waals surface area contributed by atoms with E-state index in [1.807, 2.05) is 29.2 Å². The number of nitrogens with zero attached hydrogens (tertiary/aromatic N) is 4. The standard InChI is InChI=1S/C16H16N4O3/c1-22-16(21)11(10-17)14-15(20-6-8-23-9-7-20)19-13-5-3-2-4-12(13)18-14/h2-5,11H,6-9H2,1H3. The summed E-state index contributed by atoms with van der Waals surface area (Å²) in [6.07, 6.45) is 0. The van der Waals surface area contributed by atoms with E-state index in [-0.39, 0.29) is 0 Å². The van der Waals surface area contributed by atoms with Crippen LogP contribution in [-0.4, -0.2) is 49.4 Å². The number of hydrogen-bond acceptors (Lipinski definition) is 7. The summed E-state index contributed by atoms with van der Waals surface area (Å²) >= 11 is 0. The minimum absolute atomic E-state index is 0.333. The van der Waals surface area contributed by atoms with Gasteiger partial charge < -0.3 is 14.4 Å². The molecule has 1 aliphatic rings. The van der Waals surface area contributed by atoms with Crippen molar-refractivity contribution in [1.29, 1.82) is 5.26 Å². The maximum atomic E-state index is 12.0.